The smallest absolute Gasteiger partial charge is 0.224 e. The normalized spacial score (nSPS) is 18.4. The fourth-order valence-corrected chi connectivity index (χ4v) is 4.16. The van der Waals surface area contributed by atoms with Crippen molar-refractivity contribution in [3.05, 3.63) is 47.1 Å². The highest BCUT2D eigenvalue weighted by Gasteiger charge is 2.23. The zero-order valence-corrected chi connectivity index (χ0v) is 15.1. The molecule has 25 heavy (non-hydrogen) atoms. The molecule has 2 heterocycles. The van der Waals surface area contributed by atoms with Gasteiger partial charge >= 0.3 is 0 Å². The Labute approximate surface area is 150 Å². The fourth-order valence-electron chi connectivity index (χ4n) is 2.68. The Kier molecular flexibility index (Phi) is 5.21. The van der Waals surface area contributed by atoms with Crippen LogP contribution in [0.5, 0.6) is 0 Å². The highest BCUT2D eigenvalue weighted by atomic mass is 35.5. The Bertz CT molecular complexity index is 879. The van der Waals surface area contributed by atoms with Crippen LogP contribution >= 0.6 is 11.6 Å². The molecule has 0 N–H and O–H groups in total. The standard InChI is InChI=1S/C16H17ClFN3O3S/c1-11-9-24-6-5-21(11)15-8-13(19-16(17)20-15)10-25(22,23)14-4-2-3-12(18)7-14/h2-4,7-8,11H,5-6,9-10H2,1H3/t11-/m0/s1. The highest BCUT2D eigenvalue weighted by Crippen LogP contribution is 2.23. The number of hydrogen-bond acceptors (Lipinski definition) is 6. The average molecular weight is 386 g/mol. The van der Waals surface area contributed by atoms with E-state index in [0.29, 0.717) is 25.6 Å². The molecule has 3 rings (SSSR count). The van der Waals surface area contributed by atoms with Crippen molar-refractivity contribution in [1.29, 1.82) is 0 Å². The summed E-state index contributed by atoms with van der Waals surface area (Å²) in [5, 5.41) is -0.0272. The Balaban J connectivity index is 1.90. The van der Waals surface area contributed by atoms with Gasteiger partial charge in [-0.25, -0.2) is 22.8 Å². The Hall–Kier alpha value is -1.77. The monoisotopic (exact) mass is 385 g/mol. The number of ether oxygens (including phenoxy) is 1. The number of nitrogens with zero attached hydrogens (tertiary/aromatic N) is 3. The molecule has 1 aliphatic heterocycles. The van der Waals surface area contributed by atoms with Gasteiger partial charge in [0.15, 0.2) is 9.84 Å². The number of aromatic nitrogens is 2. The number of rotatable bonds is 4. The van der Waals surface area contributed by atoms with Crippen LogP contribution in [0.2, 0.25) is 5.28 Å². The van der Waals surface area contributed by atoms with Crippen LogP contribution in [0.1, 0.15) is 12.6 Å². The van der Waals surface area contributed by atoms with Gasteiger partial charge in [0.1, 0.15) is 11.6 Å². The molecule has 0 aliphatic carbocycles. The van der Waals surface area contributed by atoms with Gasteiger partial charge in [-0.15, -0.1) is 0 Å². The van der Waals surface area contributed by atoms with E-state index >= 15 is 0 Å². The maximum atomic E-state index is 13.3. The first-order valence-corrected chi connectivity index (χ1v) is 9.74. The van der Waals surface area contributed by atoms with Crippen LogP contribution in [-0.4, -0.2) is 44.2 Å². The SMILES string of the molecule is C[C@H]1COCCN1c1cc(CS(=O)(=O)c2cccc(F)c2)nc(Cl)n1. The van der Waals surface area contributed by atoms with Gasteiger partial charge in [-0.05, 0) is 36.7 Å². The number of sulfone groups is 1. The topological polar surface area (TPSA) is 72.4 Å². The van der Waals surface area contributed by atoms with Gasteiger partial charge in [-0.1, -0.05) is 6.07 Å². The van der Waals surface area contributed by atoms with E-state index in [2.05, 4.69) is 9.97 Å². The summed E-state index contributed by atoms with van der Waals surface area (Å²) < 4.78 is 43.7. The molecule has 0 saturated carbocycles. The summed E-state index contributed by atoms with van der Waals surface area (Å²) >= 11 is 5.98. The molecule has 1 saturated heterocycles. The van der Waals surface area contributed by atoms with E-state index < -0.39 is 15.7 Å². The summed E-state index contributed by atoms with van der Waals surface area (Å²) in [7, 11) is -3.75. The molecule has 1 aromatic carbocycles. The van der Waals surface area contributed by atoms with Crippen molar-refractivity contribution in [3.8, 4) is 0 Å². The van der Waals surface area contributed by atoms with Gasteiger partial charge in [0, 0.05) is 12.6 Å². The maximum absolute atomic E-state index is 13.3. The lowest BCUT2D eigenvalue weighted by Crippen LogP contribution is -2.44. The molecule has 0 amide bonds. The molecule has 1 atom stereocenters. The van der Waals surface area contributed by atoms with E-state index in [-0.39, 0.29) is 27.7 Å². The van der Waals surface area contributed by atoms with Gasteiger partial charge in [0.25, 0.3) is 0 Å². The van der Waals surface area contributed by atoms with Crippen LogP contribution < -0.4 is 4.90 Å². The van der Waals surface area contributed by atoms with Gasteiger partial charge < -0.3 is 9.64 Å². The van der Waals surface area contributed by atoms with Crippen LogP contribution in [0.3, 0.4) is 0 Å². The first-order valence-electron chi connectivity index (χ1n) is 7.71. The second-order valence-corrected chi connectivity index (χ2v) is 8.15. The fraction of sp³-hybridized carbons (Fsp3) is 0.375. The molecular weight excluding hydrogens is 369 g/mol. The minimum Gasteiger partial charge on any atom is -0.377 e. The maximum Gasteiger partial charge on any atom is 0.224 e. The van der Waals surface area contributed by atoms with E-state index in [1.807, 2.05) is 11.8 Å². The molecule has 1 aromatic heterocycles. The molecule has 0 radical (unpaired) electrons. The van der Waals surface area contributed by atoms with E-state index in [1.54, 1.807) is 6.07 Å². The third kappa shape index (κ3) is 4.26. The van der Waals surface area contributed by atoms with Crippen molar-refractivity contribution < 1.29 is 17.5 Å². The quantitative estimate of drug-likeness (QED) is 0.753. The molecule has 1 fully saturated rings. The zero-order chi connectivity index (χ0) is 18.0. The molecule has 1 aliphatic rings. The van der Waals surface area contributed by atoms with Gasteiger partial charge in [0.05, 0.1) is 35.6 Å². The molecule has 0 spiro atoms. The van der Waals surface area contributed by atoms with Crippen LogP contribution in [0.15, 0.2) is 35.2 Å². The third-order valence-corrected chi connectivity index (χ3v) is 5.71. The predicted octanol–water partition coefficient (Wildman–Crippen LogP) is 2.47. The van der Waals surface area contributed by atoms with Gasteiger partial charge in [0.2, 0.25) is 5.28 Å². The van der Waals surface area contributed by atoms with Crippen molar-refractivity contribution in [2.24, 2.45) is 0 Å². The minimum atomic E-state index is -3.75. The number of morpholine rings is 1. The molecular formula is C16H17ClFN3O3S. The molecule has 9 heteroatoms. The number of benzene rings is 1. The zero-order valence-electron chi connectivity index (χ0n) is 13.5. The average Bonchev–Trinajstić information content (AvgIpc) is 2.54. The van der Waals surface area contributed by atoms with E-state index in [9.17, 15) is 12.8 Å². The lowest BCUT2D eigenvalue weighted by atomic mass is 10.2. The first kappa shape index (κ1) is 18.0. The van der Waals surface area contributed by atoms with Crippen LogP contribution in [0, 0.1) is 5.82 Å². The first-order chi connectivity index (χ1) is 11.8. The molecule has 2 aromatic rings. The summed E-state index contributed by atoms with van der Waals surface area (Å²) in [6.45, 7) is 3.73. The Morgan fingerprint density at radius 1 is 1.36 bits per heavy atom. The van der Waals surface area contributed by atoms with E-state index in [0.717, 1.165) is 6.07 Å². The summed E-state index contributed by atoms with van der Waals surface area (Å²) in [4.78, 5) is 10.1. The van der Waals surface area contributed by atoms with E-state index in [1.165, 1.54) is 18.2 Å². The molecule has 0 unspecified atom stereocenters. The second kappa shape index (κ2) is 7.23. The second-order valence-electron chi connectivity index (χ2n) is 5.82. The minimum absolute atomic E-state index is 0.0272. The summed E-state index contributed by atoms with van der Waals surface area (Å²) in [6.07, 6.45) is 0. The van der Waals surface area contributed by atoms with Crippen LogP contribution in [-0.2, 0) is 20.3 Å². The molecule has 134 valence electrons. The van der Waals surface area contributed by atoms with Crippen molar-refractivity contribution in [3.63, 3.8) is 0 Å². The van der Waals surface area contributed by atoms with Crippen LogP contribution in [0.4, 0.5) is 10.2 Å². The molecule has 0 bridgehead atoms. The van der Waals surface area contributed by atoms with Crippen LogP contribution in [0.25, 0.3) is 0 Å². The van der Waals surface area contributed by atoms with Crippen molar-refractivity contribution >= 4 is 27.3 Å². The largest absolute Gasteiger partial charge is 0.377 e. The summed E-state index contributed by atoms with van der Waals surface area (Å²) in [5.41, 5.74) is 0.262. The Morgan fingerprint density at radius 2 is 2.16 bits per heavy atom. The van der Waals surface area contributed by atoms with E-state index in [4.69, 9.17) is 16.3 Å². The van der Waals surface area contributed by atoms with Crippen molar-refractivity contribution in [2.75, 3.05) is 24.7 Å². The molecule has 6 nitrogen and oxygen atoms in total. The van der Waals surface area contributed by atoms with Crippen molar-refractivity contribution in [2.45, 2.75) is 23.6 Å². The van der Waals surface area contributed by atoms with Crippen molar-refractivity contribution in [1.82, 2.24) is 9.97 Å². The lowest BCUT2D eigenvalue weighted by molar-refractivity contribution is 0.0985. The summed E-state index contributed by atoms with van der Waals surface area (Å²) in [6, 6.07) is 6.58. The van der Waals surface area contributed by atoms with Gasteiger partial charge in [-0.2, -0.15) is 0 Å². The number of hydrogen-bond donors (Lipinski definition) is 0. The predicted molar refractivity (Wildman–Crippen MR) is 92.0 cm³/mol. The summed E-state index contributed by atoms with van der Waals surface area (Å²) in [5.74, 6) is -0.436. The number of anilines is 1. The Morgan fingerprint density at radius 3 is 2.88 bits per heavy atom. The van der Waals surface area contributed by atoms with Gasteiger partial charge in [-0.3, -0.25) is 0 Å². The lowest BCUT2D eigenvalue weighted by Gasteiger charge is -2.34. The highest BCUT2D eigenvalue weighted by molar-refractivity contribution is 7.90. The third-order valence-electron chi connectivity index (χ3n) is 3.89. The number of halogens is 2.